The number of aryl methyl sites for hydroxylation is 2. The zero-order valence-electron chi connectivity index (χ0n) is 18.7. The van der Waals surface area contributed by atoms with Gasteiger partial charge >= 0.3 is 4.84 Å². The fourth-order valence-corrected chi connectivity index (χ4v) is 4.59. The number of rotatable bonds is 6. The number of thiol groups is 1. The van der Waals surface area contributed by atoms with E-state index >= 15 is 0 Å². The number of hydrogen-bond donors (Lipinski definition) is 3. The molecule has 0 spiro atoms. The van der Waals surface area contributed by atoms with E-state index in [1.54, 1.807) is 0 Å². The van der Waals surface area contributed by atoms with Gasteiger partial charge in [-0.2, -0.15) is 4.98 Å². The van der Waals surface area contributed by atoms with Gasteiger partial charge in [0.25, 0.3) is 0 Å². The van der Waals surface area contributed by atoms with Crippen LogP contribution in [0.1, 0.15) is 35.1 Å². The highest BCUT2D eigenvalue weighted by Gasteiger charge is 2.18. The average molecular weight is 487 g/mol. The van der Waals surface area contributed by atoms with E-state index in [9.17, 15) is 4.79 Å². The molecule has 170 valence electrons. The van der Waals surface area contributed by atoms with Crippen LogP contribution in [0.5, 0.6) is 0 Å². The maximum Gasteiger partial charge on any atom is 0.314 e. The van der Waals surface area contributed by atoms with Crippen LogP contribution in [-0.4, -0.2) is 25.2 Å². The minimum Gasteiger partial charge on any atom is -0.348 e. The first-order chi connectivity index (χ1) is 16.5. The normalized spacial score (nSPS) is 11.3. The third-order valence-corrected chi connectivity index (χ3v) is 6.33. The number of aromatic amines is 2. The van der Waals surface area contributed by atoms with E-state index in [-0.39, 0.29) is 9.95 Å². The molecule has 0 aliphatic rings. The van der Waals surface area contributed by atoms with Crippen LogP contribution in [0.2, 0.25) is 0 Å². The molecule has 0 atom stereocenters. The summed E-state index contributed by atoms with van der Waals surface area (Å²) in [4.78, 5) is 24.8. The van der Waals surface area contributed by atoms with E-state index in [4.69, 9.17) is 21.7 Å². The van der Waals surface area contributed by atoms with Crippen LogP contribution in [-0.2, 0) is 6.42 Å². The number of nitrogens with zero attached hydrogens (tertiary/aromatic N) is 2. The summed E-state index contributed by atoms with van der Waals surface area (Å²) in [5, 5.41) is 2.50. The second-order valence-electron chi connectivity index (χ2n) is 8.11. The molecule has 6 nitrogen and oxygen atoms in total. The van der Waals surface area contributed by atoms with Gasteiger partial charge in [0.15, 0.2) is 5.82 Å². The molecule has 8 heteroatoms. The first-order valence-electron chi connectivity index (χ1n) is 11.0. The van der Waals surface area contributed by atoms with E-state index in [0.717, 1.165) is 63.1 Å². The maximum atomic E-state index is 12.3. The lowest BCUT2D eigenvalue weighted by atomic mass is 9.93. The number of imidazole rings is 1. The standard InChI is InChI=1S/C26H22N4O2S2/c1-3-6-21-27-22-14(2)19(13-20(25(31)33)23(22)28-21)16-11-9-15(10-12-16)17-7-4-5-8-18(17)24-29-26(34)32-30-24/h4-5,7-13H,3,6H2,1-2H3,(H,27,28)(H,31,33)(H,29,30,34). The Balaban J connectivity index is 1.60. The molecule has 0 fully saturated rings. The smallest absolute Gasteiger partial charge is 0.314 e. The Kier molecular flexibility index (Phi) is 5.93. The first kappa shape index (κ1) is 22.3. The molecule has 0 radical (unpaired) electrons. The van der Waals surface area contributed by atoms with Crippen LogP contribution in [0.4, 0.5) is 0 Å². The second-order valence-corrected chi connectivity index (χ2v) is 8.87. The monoisotopic (exact) mass is 486 g/mol. The number of nitrogens with one attached hydrogen (secondary N) is 2. The molecule has 0 unspecified atom stereocenters. The Morgan fingerprint density at radius 3 is 2.32 bits per heavy atom. The highest BCUT2D eigenvalue weighted by atomic mass is 32.1. The van der Waals surface area contributed by atoms with E-state index < -0.39 is 0 Å². The van der Waals surface area contributed by atoms with Crippen molar-refractivity contribution in [3.05, 3.63) is 76.4 Å². The predicted molar refractivity (Wildman–Crippen MR) is 140 cm³/mol. The minimum absolute atomic E-state index is 0.168. The van der Waals surface area contributed by atoms with Crippen molar-refractivity contribution in [1.29, 1.82) is 0 Å². The summed E-state index contributed by atoms with van der Waals surface area (Å²) in [5.74, 6) is 1.47. The number of H-pyrrole nitrogens is 2. The van der Waals surface area contributed by atoms with Crippen LogP contribution < -0.4 is 0 Å². The maximum absolute atomic E-state index is 12.3. The molecule has 0 bridgehead atoms. The number of carbonyl (C=O) groups excluding carboxylic acids is 1. The number of hydrogen-bond acceptors (Lipinski definition) is 5. The van der Waals surface area contributed by atoms with E-state index in [1.807, 2.05) is 37.3 Å². The van der Waals surface area contributed by atoms with E-state index in [2.05, 4.69) is 58.9 Å². The Morgan fingerprint density at radius 1 is 1.03 bits per heavy atom. The zero-order valence-corrected chi connectivity index (χ0v) is 20.4. The van der Waals surface area contributed by atoms with Crippen molar-refractivity contribution in [1.82, 2.24) is 20.1 Å². The van der Waals surface area contributed by atoms with Crippen molar-refractivity contribution in [3.8, 4) is 33.6 Å². The van der Waals surface area contributed by atoms with Gasteiger partial charge in [0.05, 0.1) is 16.6 Å². The van der Waals surface area contributed by atoms with Gasteiger partial charge in [0, 0.05) is 12.0 Å². The lowest BCUT2D eigenvalue weighted by Gasteiger charge is -2.12. The van der Waals surface area contributed by atoms with Crippen LogP contribution in [0.25, 0.3) is 44.7 Å². The summed E-state index contributed by atoms with van der Waals surface area (Å²) in [7, 11) is 0. The number of aromatic nitrogens is 4. The fraction of sp³-hybridized carbons (Fsp3) is 0.154. The summed E-state index contributed by atoms with van der Waals surface area (Å²) < 4.78 is 5.12. The van der Waals surface area contributed by atoms with Gasteiger partial charge in [-0.05, 0) is 59.4 Å². The van der Waals surface area contributed by atoms with Gasteiger partial charge in [0.1, 0.15) is 5.82 Å². The van der Waals surface area contributed by atoms with Crippen molar-refractivity contribution in [3.63, 3.8) is 0 Å². The van der Waals surface area contributed by atoms with Crippen LogP contribution in [0, 0.1) is 11.8 Å². The second kappa shape index (κ2) is 9.04. The topological polar surface area (TPSA) is 87.6 Å². The highest BCUT2D eigenvalue weighted by Crippen LogP contribution is 2.35. The molecular formula is C26H22N4O2S2. The van der Waals surface area contributed by atoms with Crippen LogP contribution in [0.15, 0.2) is 59.1 Å². The Morgan fingerprint density at radius 2 is 1.71 bits per heavy atom. The summed E-state index contributed by atoms with van der Waals surface area (Å²) in [5.41, 5.74) is 8.00. The lowest BCUT2D eigenvalue weighted by molar-refractivity contribution is 0.109. The molecular weight excluding hydrogens is 464 g/mol. The Labute approximate surface area is 206 Å². The SMILES string of the molecule is CCCc1nc2c(C)c(-c3ccc(-c4ccccc4-c4nc(=S)o[nH]4)cc3)cc(C(=O)S)c2[nH]1. The summed E-state index contributed by atoms with van der Waals surface area (Å²) in [6.45, 7) is 4.14. The summed E-state index contributed by atoms with van der Waals surface area (Å²) in [6.07, 6.45) is 1.80. The molecule has 0 aliphatic heterocycles. The molecule has 34 heavy (non-hydrogen) atoms. The van der Waals surface area contributed by atoms with Crippen molar-refractivity contribution in [2.45, 2.75) is 26.7 Å². The van der Waals surface area contributed by atoms with Gasteiger partial charge in [-0.1, -0.05) is 55.5 Å². The van der Waals surface area contributed by atoms with Crippen molar-refractivity contribution in [2.75, 3.05) is 0 Å². The van der Waals surface area contributed by atoms with Gasteiger partial charge in [-0.3, -0.25) is 4.79 Å². The van der Waals surface area contributed by atoms with Crippen LogP contribution >= 0.6 is 24.8 Å². The molecule has 0 saturated heterocycles. The average Bonchev–Trinajstić information content (AvgIpc) is 3.46. The molecule has 5 rings (SSSR count). The third kappa shape index (κ3) is 3.99. The Bertz CT molecular complexity index is 1580. The summed E-state index contributed by atoms with van der Waals surface area (Å²) >= 11 is 9.13. The molecule has 3 aromatic carbocycles. The van der Waals surface area contributed by atoms with Crippen LogP contribution in [0.3, 0.4) is 0 Å². The minimum atomic E-state index is -0.284. The Hall–Kier alpha value is -3.49. The molecule has 0 aliphatic carbocycles. The molecule has 2 N–H and O–H groups in total. The predicted octanol–water partition coefficient (Wildman–Crippen LogP) is 6.94. The molecule has 2 heterocycles. The molecule has 0 amide bonds. The van der Waals surface area contributed by atoms with Gasteiger partial charge in [0.2, 0.25) is 5.12 Å². The number of carbonyl (C=O) groups is 1. The lowest BCUT2D eigenvalue weighted by Crippen LogP contribution is -1.96. The van der Waals surface area contributed by atoms with E-state index in [1.165, 1.54) is 0 Å². The third-order valence-electron chi connectivity index (χ3n) is 5.91. The van der Waals surface area contributed by atoms with Crippen molar-refractivity contribution >= 4 is 41.0 Å². The number of benzene rings is 3. The van der Waals surface area contributed by atoms with Crippen molar-refractivity contribution in [2.24, 2.45) is 0 Å². The van der Waals surface area contributed by atoms with Gasteiger partial charge in [-0.15, -0.1) is 12.6 Å². The van der Waals surface area contributed by atoms with Crippen molar-refractivity contribution < 1.29 is 9.32 Å². The van der Waals surface area contributed by atoms with Gasteiger partial charge in [-0.25, -0.2) is 10.1 Å². The number of fused-ring (bicyclic) bond motifs is 1. The first-order valence-corrected chi connectivity index (χ1v) is 11.8. The quantitative estimate of drug-likeness (QED) is 0.179. The molecule has 5 aromatic rings. The highest BCUT2D eigenvalue weighted by molar-refractivity contribution is 7.97. The van der Waals surface area contributed by atoms with E-state index in [0.29, 0.717) is 11.4 Å². The molecule has 0 saturated carbocycles. The van der Waals surface area contributed by atoms with Gasteiger partial charge < -0.3 is 9.51 Å². The molecule has 2 aromatic heterocycles. The zero-order chi connectivity index (χ0) is 23.8. The fourth-order valence-electron chi connectivity index (χ4n) is 4.28. The summed E-state index contributed by atoms with van der Waals surface area (Å²) in [6, 6.07) is 18.1. The largest absolute Gasteiger partial charge is 0.348 e.